The zero-order valence-electron chi connectivity index (χ0n) is 11.2. The van der Waals surface area contributed by atoms with Crippen molar-refractivity contribution in [2.75, 3.05) is 5.32 Å². The second-order valence-corrected chi connectivity index (χ2v) is 4.80. The number of aromatic amines is 1. The number of nitrogens with one attached hydrogen (secondary N) is 2. The summed E-state index contributed by atoms with van der Waals surface area (Å²) in [4.78, 5) is 17.5. The predicted octanol–water partition coefficient (Wildman–Crippen LogP) is 2.65. The molecule has 0 spiro atoms. The highest BCUT2D eigenvalue weighted by Gasteiger charge is 2.05. The molecule has 0 bridgehead atoms. The van der Waals surface area contributed by atoms with E-state index in [1.54, 1.807) is 0 Å². The quantitative estimate of drug-likeness (QED) is 0.791. The van der Waals surface area contributed by atoms with Crippen LogP contribution in [0, 0.1) is 6.92 Å². The Labute approximate surface area is 111 Å². The van der Waals surface area contributed by atoms with Crippen LogP contribution in [0.4, 0.5) is 11.6 Å². The van der Waals surface area contributed by atoms with Crippen LogP contribution in [0.1, 0.15) is 30.9 Å². The molecular formula is C14H17N3O2. The minimum absolute atomic E-state index is 0.224. The highest BCUT2D eigenvalue weighted by Crippen LogP contribution is 2.23. The van der Waals surface area contributed by atoms with Crippen molar-refractivity contribution in [3.05, 3.63) is 45.7 Å². The lowest BCUT2D eigenvalue weighted by atomic mass is 9.98. The van der Waals surface area contributed by atoms with Crippen LogP contribution in [-0.4, -0.2) is 15.1 Å². The average Bonchev–Trinajstić information content (AvgIpc) is 2.26. The largest absolute Gasteiger partial charge is 0.493 e. The maximum Gasteiger partial charge on any atom is 0.256 e. The molecule has 0 fully saturated rings. The Hall–Kier alpha value is -2.30. The van der Waals surface area contributed by atoms with Gasteiger partial charge in [-0.1, -0.05) is 19.9 Å². The van der Waals surface area contributed by atoms with Crippen LogP contribution < -0.4 is 10.9 Å². The minimum atomic E-state index is -0.398. The first kappa shape index (κ1) is 13.1. The first-order chi connectivity index (χ1) is 8.95. The van der Waals surface area contributed by atoms with Gasteiger partial charge in [-0.05, 0) is 36.1 Å². The van der Waals surface area contributed by atoms with Gasteiger partial charge in [0.1, 0.15) is 0 Å². The van der Waals surface area contributed by atoms with Crippen molar-refractivity contribution in [1.82, 2.24) is 9.97 Å². The molecular weight excluding hydrogens is 242 g/mol. The Bertz CT molecular complexity index is 647. The lowest BCUT2D eigenvalue weighted by Crippen LogP contribution is -2.09. The van der Waals surface area contributed by atoms with Crippen LogP contribution in [-0.2, 0) is 0 Å². The summed E-state index contributed by atoms with van der Waals surface area (Å²) in [6, 6.07) is 6.98. The number of hydrogen-bond acceptors (Lipinski definition) is 4. The van der Waals surface area contributed by atoms with E-state index >= 15 is 0 Å². The van der Waals surface area contributed by atoms with Crippen molar-refractivity contribution < 1.29 is 5.11 Å². The molecule has 0 aliphatic heterocycles. The molecule has 0 atom stereocenters. The van der Waals surface area contributed by atoms with Gasteiger partial charge in [0.05, 0.1) is 6.07 Å². The maximum atomic E-state index is 11.2. The lowest BCUT2D eigenvalue weighted by molar-refractivity contribution is 0.452. The van der Waals surface area contributed by atoms with Crippen molar-refractivity contribution in [2.24, 2.45) is 0 Å². The van der Waals surface area contributed by atoms with Crippen molar-refractivity contribution in [3.8, 4) is 5.88 Å². The highest BCUT2D eigenvalue weighted by molar-refractivity contribution is 5.56. The van der Waals surface area contributed by atoms with Crippen molar-refractivity contribution >= 4 is 11.6 Å². The lowest BCUT2D eigenvalue weighted by Gasteiger charge is -2.12. The van der Waals surface area contributed by atoms with Crippen LogP contribution in [0.25, 0.3) is 0 Å². The molecule has 3 N–H and O–H groups in total. The number of hydrogen-bond donors (Lipinski definition) is 3. The molecule has 1 aromatic carbocycles. The number of H-pyrrole nitrogens is 1. The summed E-state index contributed by atoms with van der Waals surface area (Å²) in [5.74, 6) is 0.385. The normalized spacial score (nSPS) is 10.7. The van der Waals surface area contributed by atoms with Gasteiger partial charge in [-0.3, -0.25) is 9.78 Å². The van der Waals surface area contributed by atoms with E-state index in [9.17, 15) is 9.90 Å². The highest BCUT2D eigenvalue weighted by atomic mass is 16.3. The number of benzene rings is 1. The van der Waals surface area contributed by atoms with Crippen LogP contribution in [0.5, 0.6) is 5.88 Å². The molecule has 100 valence electrons. The zero-order chi connectivity index (χ0) is 14.0. The van der Waals surface area contributed by atoms with Gasteiger partial charge in [0.25, 0.3) is 5.56 Å². The van der Waals surface area contributed by atoms with E-state index in [1.165, 1.54) is 11.1 Å². The van der Waals surface area contributed by atoms with Crippen molar-refractivity contribution in [1.29, 1.82) is 0 Å². The summed E-state index contributed by atoms with van der Waals surface area (Å²) in [7, 11) is 0. The number of rotatable bonds is 3. The molecule has 0 unspecified atom stereocenters. The van der Waals surface area contributed by atoms with E-state index in [2.05, 4.69) is 29.1 Å². The molecule has 0 radical (unpaired) electrons. The molecule has 0 saturated heterocycles. The van der Waals surface area contributed by atoms with E-state index in [0.717, 1.165) is 11.8 Å². The fourth-order valence-corrected chi connectivity index (χ4v) is 2.04. The Balaban J connectivity index is 2.29. The van der Waals surface area contributed by atoms with Gasteiger partial charge in [-0.15, -0.1) is 0 Å². The molecule has 19 heavy (non-hydrogen) atoms. The van der Waals surface area contributed by atoms with Crippen molar-refractivity contribution in [2.45, 2.75) is 26.7 Å². The Morgan fingerprint density at radius 1 is 1.32 bits per heavy atom. The van der Waals surface area contributed by atoms with Gasteiger partial charge in [0.15, 0.2) is 0 Å². The van der Waals surface area contributed by atoms with E-state index in [4.69, 9.17) is 0 Å². The molecule has 0 saturated carbocycles. The molecule has 0 aliphatic carbocycles. The fraction of sp³-hybridized carbons (Fsp3) is 0.286. The monoisotopic (exact) mass is 259 g/mol. The number of aromatic hydroxyl groups is 1. The third-order valence-corrected chi connectivity index (χ3v) is 2.88. The van der Waals surface area contributed by atoms with Gasteiger partial charge in [-0.25, -0.2) is 0 Å². The standard InChI is InChI=1S/C14H17N3O2/c1-8(2)11-5-4-10(6-9(11)3)15-14-16-12(18)7-13(19)17-14/h4-8H,1-3H3,(H3,15,16,17,18,19). The van der Waals surface area contributed by atoms with Crippen LogP contribution in [0.2, 0.25) is 0 Å². The van der Waals surface area contributed by atoms with Gasteiger partial charge in [0, 0.05) is 5.69 Å². The van der Waals surface area contributed by atoms with E-state index in [1.807, 2.05) is 25.1 Å². The molecule has 5 nitrogen and oxygen atoms in total. The second kappa shape index (κ2) is 5.14. The zero-order valence-corrected chi connectivity index (χ0v) is 11.2. The summed E-state index contributed by atoms with van der Waals surface area (Å²) in [6.45, 7) is 6.33. The maximum absolute atomic E-state index is 11.2. The van der Waals surface area contributed by atoms with Gasteiger partial charge in [-0.2, -0.15) is 4.98 Å². The predicted molar refractivity (Wildman–Crippen MR) is 75.1 cm³/mol. The Kier molecular flexibility index (Phi) is 3.55. The summed E-state index contributed by atoms with van der Waals surface area (Å²) in [5.41, 5.74) is 2.87. The van der Waals surface area contributed by atoms with Gasteiger partial charge >= 0.3 is 0 Å². The molecule has 1 aromatic heterocycles. The first-order valence-corrected chi connectivity index (χ1v) is 6.13. The first-order valence-electron chi connectivity index (χ1n) is 6.13. The summed E-state index contributed by atoms with van der Waals surface area (Å²) >= 11 is 0. The minimum Gasteiger partial charge on any atom is -0.493 e. The third-order valence-electron chi connectivity index (χ3n) is 2.88. The molecule has 0 aliphatic rings. The Morgan fingerprint density at radius 2 is 2.05 bits per heavy atom. The molecule has 1 heterocycles. The summed E-state index contributed by atoms with van der Waals surface area (Å²) in [5, 5.41) is 12.2. The number of aromatic nitrogens is 2. The smallest absolute Gasteiger partial charge is 0.256 e. The number of anilines is 2. The molecule has 5 heteroatoms. The Morgan fingerprint density at radius 3 is 2.63 bits per heavy atom. The third kappa shape index (κ3) is 3.13. The van der Waals surface area contributed by atoms with E-state index < -0.39 is 5.56 Å². The van der Waals surface area contributed by atoms with Crippen molar-refractivity contribution in [3.63, 3.8) is 0 Å². The second-order valence-electron chi connectivity index (χ2n) is 4.80. The molecule has 2 rings (SSSR count). The average molecular weight is 259 g/mol. The van der Waals surface area contributed by atoms with Crippen LogP contribution >= 0.6 is 0 Å². The SMILES string of the molecule is Cc1cc(Nc2nc(O)cc(=O)[nH]2)ccc1C(C)C. The number of nitrogens with zero attached hydrogens (tertiary/aromatic N) is 1. The molecule has 2 aromatic rings. The van der Waals surface area contributed by atoms with Gasteiger partial charge < -0.3 is 10.4 Å². The molecule has 0 amide bonds. The summed E-state index contributed by atoms with van der Waals surface area (Å²) < 4.78 is 0. The topological polar surface area (TPSA) is 78.0 Å². The van der Waals surface area contributed by atoms with Crippen LogP contribution in [0.3, 0.4) is 0 Å². The fourth-order valence-electron chi connectivity index (χ4n) is 2.04. The number of aryl methyl sites for hydroxylation is 1. The van der Waals surface area contributed by atoms with E-state index in [-0.39, 0.29) is 11.8 Å². The van der Waals surface area contributed by atoms with Crippen LogP contribution in [0.15, 0.2) is 29.1 Å². The summed E-state index contributed by atoms with van der Waals surface area (Å²) in [6.07, 6.45) is 0. The van der Waals surface area contributed by atoms with E-state index in [0.29, 0.717) is 5.92 Å². The van der Waals surface area contributed by atoms with Gasteiger partial charge in [0.2, 0.25) is 11.8 Å².